The van der Waals surface area contributed by atoms with Gasteiger partial charge >= 0.3 is 0 Å². The van der Waals surface area contributed by atoms with Crippen molar-refractivity contribution in [2.75, 3.05) is 0 Å². The van der Waals surface area contributed by atoms with E-state index in [0.29, 0.717) is 0 Å². The third kappa shape index (κ3) is 3.15. The first-order chi connectivity index (χ1) is 6.24. The predicted molar refractivity (Wildman–Crippen MR) is 55.4 cm³/mol. The van der Waals surface area contributed by atoms with Crippen molar-refractivity contribution >= 4 is 0 Å². The summed E-state index contributed by atoms with van der Waals surface area (Å²) in [6.45, 7) is 4.21. The number of unbranched alkanes of at least 4 members (excludes halogenated alkanes) is 1. The zero-order valence-corrected chi connectivity index (χ0v) is 8.46. The molecule has 2 heteroatoms. The summed E-state index contributed by atoms with van der Waals surface area (Å²) in [5.74, 6) is 0. The number of hydrogen-bond donors (Lipinski definition) is 1. The van der Waals surface area contributed by atoms with E-state index in [0.717, 1.165) is 12.1 Å². The van der Waals surface area contributed by atoms with E-state index in [1.807, 2.05) is 19.2 Å². The molecule has 0 fully saturated rings. The average Bonchev–Trinajstić information content (AvgIpc) is 2.15. The fourth-order valence-electron chi connectivity index (χ4n) is 1.27. The lowest BCUT2D eigenvalue weighted by atomic mass is 10.1. The molecular weight excluding hydrogens is 160 g/mol. The summed E-state index contributed by atoms with van der Waals surface area (Å²) in [4.78, 5) is 4.31. The molecular formula is C11H18N2. The van der Waals surface area contributed by atoms with Gasteiger partial charge in [-0.05, 0) is 25.0 Å². The average molecular weight is 178 g/mol. The molecule has 0 saturated carbocycles. The molecule has 72 valence electrons. The number of nitrogens with two attached hydrogens (primary N) is 1. The van der Waals surface area contributed by atoms with E-state index in [2.05, 4.69) is 18.0 Å². The third-order valence-electron chi connectivity index (χ3n) is 2.18. The lowest BCUT2D eigenvalue weighted by molar-refractivity contribution is 0.590. The van der Waals surface area contributed by atoms with Gasteiger partial charge in [0.15, 0.2) is 0 Å². The number of aryl methyl sites for hydroxylation is 1. The molecule has 0 spiro atoms. The summed E-state index contributed by atoms with van der Waals surface area (Å²) in [6, 6.07) is 4.20. The second-order valence-corrected chi connectivity index (χ2v) is 3.51. The van der Waals surface area contributed by atoms with Crippen molar-refractivity contribution in [1.82, 2.24) is 4.98 Å². The number of rotatable bonds is 4. The van der Waals surface area contributed by atoms with Gasteiger partial charge in [0.05, 0.1) is 5.69 Å². The van der Waals surface area contributed by atoms with Gasteiger partial charge < -0.3 is 5.73 Å². The second kappa shape index (κ2) is 4.97. The van der Waals surface area contributed by atoms with Crippen molar-refractivity contribution in [3.8, 4) is 0 Å². The van der Waals surface area contributed by atoms with Gasteiger partial charge in [-0.1, -0.05) is 25.8 Å². The summed E-state index contributed by atoms with van der Waals surface area (Å²) in [6.07, 6.45) is 5.28. The molecule has 1 heterocycles. The van der Waals surface area contributed by atoms with Crippen LogP contribution in [0.5, 0.6) is 0 Å². The lowest BCUT2D eigenvalue weighted by Gasteiger charge is -2.09. The zero-order chi connectivity index (χ0) is 9.68. The van der Waals surface area contributed by atoms with Crippen LogP contribution >= 0.6 is 0 Å². The zero-order valence-electron chi connectivity index (χ0n) is 8.46. The minimum atomic E-state index is 0.112. The molecule has 0 radical (unpaired) electrons. The molecule has 0 aliphatic carbocycles. The number of nitrogens with zero attached hydrogens (tertiary/aromatic N) is 1. The quantitative estimate of drug-likeness (QED) is 0.769. The highest BCUT2D eigenvalue weighted by Gasteiger charge is 2.05. The Balaban J connectivity index is 2.55. The highest BCUT2D eigenvalue weighted by molar-refractivity contribution is 5.14. The molecule has 2 nitrogen and oxygen atoms in total. The molecule has 1 rings (SSSR count). The first-order valence-corrected chi connectivity index (χ1v) is 4.92. The van der Waals surface area contributed by atoms with Crippen molar-refractivity contribution < 1.29 is 0 Å². The van der Waals surface area contributed by atoms with Crippen LogP contribution in [-0.4, -0.2) is 4.98 Å². The maximum atomic E-state index is 5.97. The van der Waals surface area contributed by atoms with Crippen LogP contribution in [0.15, 0.2) is 18.3 Å². The van der Waals surface area contributed by atoms with E-state index >= 15 is 0 Å². The smallest absolute Gasteiger partial charge is 0.0571 e. The van der Waals surface area contributed by atoms with Crippen molar-refractivity contribution in [2.24, 2.45) is 5.73 Å². The first kappa shape index (κ1) is 10.2. The monoisotopic (exact) mass is 178 g/mol. The summed E-state index contributed by atoms with van der Waals surface area (Å²) >= 11 is 0. The Morgan fingerprint density at radius 2 is 2.23 bits per heavy atom. The Morgan fingerprint density at radius 3 is 2.77 bits per heavy atom. The Bertz CT molecular complexity index is 241. The van der Waals surface area contributed by atoms with Crippen LogP contribution in [0.25, 0.3) is 0 Å². The fourth-order valence-corrected chi connectivity index (χ4v) is 1.27. The molecule has 2 N–H and O–H groups in total. The summed E-state index contributed by atoms with van der Waals surface area (Å²) in [7, 11) is 0. The fraction of sp³-hybridized carbons (Fsp3) is 0.545. The van der Waals surface area contributed by atoms with Crippen LogP contribution in [0.3, 0.4) is 0 Å². The summed E-state index contributed by atoms with van der Waals surface area (Å²) < 4.78 is 0. The van der Waals surface area contributed by atoms with Crippen LogP contribution in [-0.2, 0) is 0 Å². The molecule has 1 atom stereocenters. The van der Waals surface area contributed by atoms with Gasteiger partial charge in [0.25, 0.3) is 0 Å². The topological polar surface area (TPSA) is 38.9 Å². The van der Waals surface area contributed by atoms with Crippen LogP contribution in [0.4, 0.5) is 0 Å². The maximum Gasteiger partial charge on any atom is 0.0571 e. The molecule has 0 aliphatic heterocycles. The second-order valence-electron chi connectivity index (χ2n) is 3.51. The van der Waals surface area contributed by atoms with Gasteiger partial charge in [-0.25, -0.2) is 0 Å². The van der Waals surface area contributed by atoms with Crippen LogP contribution < -0.4 is 5.73 Å². The minimum Gasteiger partial charge on any atom is -0.323 e. The highest BCUT2D eigenvalue weighted by atomic mass is 14.8. The van der Waals surface area contributed by atoms with Crippen LogP contribution in [0.2, 0.25) is 0 Å². The number of aromatic nitrogens is 1. The minimum absolute atomic E-state index is 0.112. The van der Waals surface area contributed by atoms with Gasteiger partial charge in [-0.3, -0.25) is 4.98 Å². The van der Waals surface area contributed by atoms with E-state index < -0.39 is 0 Å². The lowest BCUT2D eigenvalue weighted by Crippen LogP contribution is -2.11. The van der Waals surface area contributed by atoms with E-state index in [-0.39, 0.29) is 6.04 Å². The molecule has 13 heavy (non-hydrogen) atoms. The van der Waals surface area contributed by atoms with Crippen LogP contribution in [0.1, 0.15) is 43.5 Å². The summed E-state index contributed by atoms with van der Waals surface area (Å²) in [5, 5.41) is 0. The molecule has 0 aromatic carbocycles. The van der Waals surface area contributed by atoms with E-state index in [1.54, 1.807) is 0 Å². The number of pyridine rings is 1. The maximum absolute atomic E-state index is 5.97. The predicted octanol–water partition coefficient (Wildman–Crippen LogP) is 2.58. The van der Waals surface area contributed by atoms with E-state index in [4.69, 9.17) is 5.73 Å². The Morgan fingerprint density at radius 1 is 1.46 bits per heavy atom. The molecule has 1 unspecified atom stereocenters. The SMILES string of the molecule is CCCCC(N)c1ccc(C)cn1. The molecule has 0 aliphatic rings. The highest BCUT2D eigenvalue weighted by Crippen LogP contribution is 2.14. The van der Waals surface area contributed by atoms with Crippen molar-refractivity contribution in [1.29, 1.82) is 0 Å². The van der Waals surface area contributed by atoms with Gasteiger partial charge in [-0.15, -0.1) is 0 Å². The largest absolute Gasteiger partial charge is 0.323 e. The van der Waals surface area contributed by atoms with Gasteiger partial charge in [0, 0.05) is 12.2 Å². The molecule has 0 amide bonds. The summed E-state index contributed by atoms with van der Waals surface area (Å²) in [5.41, 5.74) is 8.17. The van der Waals surface area contributed by atoms with Gasteiger partial charge in [0.1, 0.15) is 0 Å². The van der Waals surface area contributed by atoms with Gasteiger partial charge in [-0.2, -0.15) is 0 Å². The standard InChI is InChI=1S/C11H18N2/c1-3-4-5-10(12)11-7-6-9(2)8-13-11/h6-8,10H,3-5,12H2,1-2H3. The Hall–Kier alpha value is -0.890. The van der Waals surface area contributed by atoms with Crippen molar-refractivity contribution in [2.45, 2.75) is 39.2 Å². The van der Waals surface area contributed by atoms with Crippen molar-refractivity contribution in [3.63, 3.8) is 0 Å². The normalized spacial score (nSPS) is 12.8. The number of hydrogen-bond acceptors (Lipinski definition) is 2. The molecule has 0 bridgehead atoms. The Kier molecular flexibility index (Phi) is 3.90. The van der Waals surface area contributed by atoms with E-state index in [9.17, 15) is 0 Å². The Labute approximate surface area is 80.2 Å². The molecule has 1 aromatic heterocycles. The van der Waals surface area contributed by atoms with Gasteiger partial charge in [0.2, 0.25) is 0 Å². The first-order valence-electron chi connectivity index (χ1n) is 4.92. The molecule has 1 aromatic rings. The van der Waals surface area contributed by atoms with Crippen molar-refractivity contribution in [3.05, 3.63) is 29.6 Å². The molecule has 0 saturated heterocycles. The van der Waals surface area contributed by atoms with Crippen LogP contribution in [0, 0.1) is 6.92 Å². The van der Waals surface area contributed by atoms with E-state index in [1.165, 1.54) is 18.4 Å². The third-order valence-corrected chi connectivity index (χ3v) is 2.18.